The Hall–Kier alpha value is -0.710. The first-order valence-electron chi connectivity index (χ1n) is 4.89. The van der Waals surface area contributed by atoms with E-state index in [1.165, 1.54) is 0 Å². The molecule has 2 atom stereocenters. The van der Waals surface area contributed by atoms with E-state index in [1.54, 1.807) is 0 Å². The highest BCUT2D eigenvalue weighted by Crippen LogP contribution is 2.15. The van der Waals surface area contributed by atoms with Gasteiger partial charge in [0.25, 0.3) is 6.43 Å². The Morgan fingerprint density at radius 2 is 2.36 bits per heavy atom. The van der Waals surface area contributed by atoms with Gasteiger partial charge in [0, 0.05) is 12.0 Å². The Balaban J connectivity index is 2.29. The Morgan fingerprint density at radius 1 is 1.64 bits per heavy atom. The van der Waals surface area contributed by atoms with Crippen LogP contribution in [0.4, 0.5) is 8.78 Å². The van der Waals surface area contributed by atoms with Crippen molar-refractivity contribution in [2.24, 2.45) is 5.92 Å². The van der Waals surface area contributed by atoms with Crippen molar-refractivity contribution in [2.45, 2.75) is 32.2 Å². The fraction of sp³-hybridized carbons (Fsp3) is 0.889. The molecule has 0 aliphatic carbocycles. The topological polar surface area (TPSA) is 41.1 Å². The summed E-state index contributed by atoms with van der Waals surface area (Å²) >= 11 is 0. The van der Waals surface area contributed by atoms with Crippen molar-refractivity contribution in [3.05, 3.63) is 0 Å². The second-order valence-corrected chi connectivity index (χ2v) is 3.71. The van der Waals surface area contributed by atoms with E-state index in [0.29, 0.717) is 6.04 Å². The molecule has 0 spiro atoms. The number of halogens is 2. The molecule has 0 aromatic carbocycles. The van der Waals surface area contributed by atoms with Gasteiger partial charge in [-0.15, -0.1) is 0 Å². The van der Waals surface area contributed by atoms with Crippen molar-refractivity contribution in [3.8, 4) is 0 Å². The van der Waals surface area contributed by atoms with Gasteiger partial charge >= 0.3 is 0 Å². The molecule has 1 heterocycles. The highest BCUT2D eigenvalue weighted by Gasteiger charge is 2.24. The van der Waals surface area contributed by atoms with E-state index in [-0.39, 0.29) is 11.8 Å². The minimum Gasteiger partial charge on any atom is -0.350 e. The van der Waals surface area contributed by atoms with Crippen LogP contribution in [-0.2, 0) is 4.79 Å². The Bertz CT molecular complexity index is 199. The first kappa shape index (κ1) is 11.4. The maximum Gasteiger partial charge on any atom is 0.255 e. The third-order valence-corrected chi connectivity index (χ3v) is 2.43. The van der Waals surface area contributed by atoms with Gasteiger partial charge in [-0.2, -0.15) is 0 Å². The van der Waals surface area contributed by atoms with Gasteiger partial charge in [-0.1, -0.05) is 0 Å². The molecule has 82 valence electrons. The predicted molar refractivity (Wildman–Crippen MR) is 49.2 cm³/mol. The minimum atomic E-state index is -2.46. The largest absolute Gasteiger partial charge is 0.350 e. The molecule has 3 nitrogen and oxygen atoms in total. The normalized spacial score (nSPS) is 27.7. The number of alkyl halides is 2. The van der Waals surface area contributed by atoms with Crippen LogP contribution in [-0.4, -0.2) is 31.5 Å². The zero-order valence-electron chi connectivity index (χ0n) is 8.22. The summed E-state index contributed by atoms with van der Waals surface area (Å²) < 4.78 is 23.6. The summed E-state index contributed by atoms with van der Waals surface area (Å²) in [6, 6.07) is 0.297. The van der Waals surface area contributed by atoms with Gasteiger partial charge in [-0.3, -0.25) is 4.79 Å². The number of rotatable bonds is 3. The molecule has 0 unspecified atom stereocenters. The Labute approximate surface area is 82.2 Å². The molecule has 0 aromatic rings. The smallest absolute Gasteiger partial charge is 0.255 e. The fourth-order valence-electron chi connectivity index (χ4n) is 1.69. The molecular formula is C9H16F2N2O. The summed E-state index contributed by atoms with van der Waals surface area (Å²) in [6.45, 7) is 2.25. The van der Waals surface area contributed by atoms with Crippen LogP contribution in [0.3, 0.4) is 0 Å². The summed E-state index contributed by atoms with van der Waals surface area (Å²) in [4.78, 5) is 11.4. The van der Waals surface area contributed by atoms with E-state index in [2.05, 4.69) is 10.6 Å². The molecular weight excluding hydrogens is 190 g/mol. The van der Waals surface area contributed by atoms with E-state index >= 15 is 0 Å². The van der Waals surface area contributed by atoms with Crippen molar-refractivity contribution in [1.82, 2.24) is 10.6 Å². The van der Waals surface area contributed by atoms with Crippen molar-refractivity contribution in [2.75, 3.05) is 13.1 Å². The molecule has 0 bridgehead atoms. The Kier molecular flexibility index (Phi) is 4.25. The zero-order chi connectivity index (χ0) is 10.6. The average molecular weight is 206 g/mol. The van der Waals surface area contributed by atoms with Crippen molar-refractivity contribution in [3.63, 3.8) is 0 Å². The molecule has 5 heteroatoms. The molecule has 1 aliphatic rings. The minimum absolute atomic E-state index is 0.106. The SMILES string of the molecule is C[C@H]1C[C@@H](C(=O)NCC(F)F)CCN1. The molecule has 1 amide bonds. The van der Waals surface area contributed by atoms with Crippen LogP contribution in [0, 0.1) is 5.92 Å². The third kappa shape index (κ3) is 3.57. The molecule has 0 saturated carbocycles. The molecule has 1 aliphatic heterocycles. The van der Waals surface area contributed by atoms with Crippen LogP contribution >= 0.6 is 0 Å². The number of hydrogen-bond acceptors (Lipinski definition) is 2. The van der Waals surface area contributed by atoms with Crippen LogP contribution in [0.2, 0.25) is 0 Å². The maximum atomic E-state index is 11.8. The van der Waals surface area contributed by atoms with Crippen LogP contribution in [0.1, 0.15) is 19.8 Å². The summed E-state index contributed by atoms with van der Waals surface area (Å²) in [5.41, 5.74) is 0. The van der Waals surface area contributed by atoms with E-state index in [0.717, 1.165) is 19.4 Å². The first-order valence-corrected chi connectivity index (χ1v) is 4.89. The van der Waals surface area contributed by atoms with Gasteiger partial charge in [-0.05, 0) is 26.3 Å². The van der Waals surface area contributed by atoms with E-state index in [4.69, 9.17) is 0 Å². The summed E-state index contributed by atoms with van der Waals surface area (Å²) in [5, 5.41) is 5.46. The van der Waals surface area contributed by atoms with Gasteiger partial charge in [0.05, 0.1) is 6.54 Å². The quantitative estimate of drug-likeness (QED) is 0.715. The van der Waals surface area contributed by atoms with Crippen molar-refractivity contribution < 1.29 is 13.6 Å². The number of nitrogens with one attached hydrogen (secondary N) is 2. The average Bonchev–Trinajstić information content (AvgIpc) is 2.14. The number of carbonyl (C=O) groups excluding carboxylic acids is 1. The molecule has 1 rings (SSSR count). The van der Waals surface area contributed by atoms with Crippen molar-refractivity contribution >= 4 is 5.91 Å². The van der Waals surface area contributed by atoms with Gasteiger partial charge < -0.3 is 10.6 Å². The van der Waals surface area contributed by atoms with Crippen molar-refractivity contribution in [1.29, 1.82) is 0 Å². The van der Waals surface area contributed by atoms with Crippen LogP contribution in [0.25, 0.3) is 0 Å². The number of carbonyl (C=O) groups is 1. The number of hydrogen-bond donors (Lipinski definition) is 2. The molecule has 1 saturated heterocycles. The fourth-order valence-corrected chi connectivity index (χ4v) is 1.69. The monoisotopic (exact) mass is 206 g/mol. The van der Waals surface area contributed by atoms with Crippen LogP contribution < -0.4 is 10.6 Å². The summed E-state index contributed by atoms with van der Waals surface area (Å²) in [7, 11) is 0. The van der Waals surface area contributed by atoms with Crippen LogP contribution in [0.5, 0.6) is 0 Å². The highest BCUT2D eigenvalue weighted by atomic mass is 19.3. The molecule has 14 heavy (non-hydrogen) atoms. The standard InChI is InChI=1S/C9H16F2N2O/c1-6-4-7(2-3-12-6)9(14)13-5-8(10)11/h6-8,12H,2-5H2,1H3,(H,13,14)/t6-,7-/m0/s1. The molecule has 0 aromatic heterocycles. The second kappa shape index (κ2) is 5.24. The van der Waals surface area contributed by atoms with Gasteiger partial charge in [0.15, 0.2) is 0 Å². The number of amides is 1. The van der Waals surface area contributed by atoms with Crippen LogP contribution in [0.15, 0.2) is 0 Å². The lowest BCUT2D eigenvalue weighted by Gasteiger charge is -2.26. The predicted octanol–water partition coefficient (Wildman–Crippen LogP) is 0.756. The van der Waals surface area contributed by atoms with Gasteiger partial charge in [-0.25, -0.2) is 8.78 Å². The molecule has 0 radical (unpaired) electrons. The lowest BCUT2D eigenvalue weighted by molar-refractivity contribution is -0.126. The molecule has 2 N–H and O–H groups in total. The van der Waals surface area contributed by atoms with E-state index in [9.17, 15) is 13.6 Å². The third-order valence-electron chi connectivity index (χ3n) is 2.43. The first-order chi connectivity index (χ1) is 6.59. The maximum absolute atomic E-state index is 11.8. The molecule has 1 fully saturated rings. The van der Waals surface area contributed by atoms with E-state index in [1.807, 2.05) is 6.92 Å². The van der Waals surface area contributed by atoms with Gasteiger partial charge in [0.1, 0.15) is 0 Å². The zero-order valence-corrected chi connectivity index (χ0v) is 8.22. The Morgan fingerprint density at radius 3 is 2.93 bits per heavy atom. The summed E-state index contributed by atoms with van der Waals surface area (Å²) in [6.07, 6.45) is -0.993. The lowest BCUT2D eigenvalue weighted by atomic mass is 9.92. The van der Waals surface area contributed by atoms with Gasteiger partial charge in [0.2, 0.25) is 5.91 Å². The second-order valence-electron chi connectivity index (χ2n) is 3.71. The lowest BCUT2D eigenvalue weighted by Crippen LogP contribution is -2.43. The van der Waals surface area contributed by atoms with E-state index < -0.39 is 13.0 Å². The summed E-state index contributed by atoms with van der Waals surface area (Å²) in [5.74, 6) is -0.344. The number of piperidine rings is 1. The highest BCUT2D eigenvalue weighted by molar-refractivity contribution is 5.78.